The number of fused-ring (bicyclic) bond motifs is 2. The van der Waals surface area contributed by atoms with Crippen LogP contribution in [0.15, 0.2) is 0 Å². The van der Waals surface area contributed by atoms with Gasteiger partial charge in [0.1, 0.15) is 24.4 Å². The van der Waals surface area contributed by atoms with Gasteiger partial charge >= 0.3 is 0 Å². The highest BCUT2D eigenvalue weighted by Gasteiger charge is 2.84. The van der Waals surface area contributed by atoms with E-state index in [0.29, 0.717) is 25.7 Å². The van der Waals surface area contributed by atoms with Crippen molar-refractivity contribution in [2.45, 2.75) is 167 Å². The molecule has 6 fully saturated rings. The first-order chi connectivity index (χ1) is 21.2. The Labute approximate surface area is 274 Å². The van der Waals surface area contributed by atoms with E-state index in [-0.39, 0.29) is 50.7 Å². The molecule has 10 heteroatoms. The van der Waals surface area contributed by atoms with Crippen LogP contribution in [0, 0.1) is 50.7 Å². The SMILES string of the molecule is C[C@H](CC[C@@H](O)C(C)(C)O)[C@H]1[C@@H](O)C[C@@]2(C)[C@@H]3[C@@H](O[C@@H]4O[C@H](CO)[C@@H](O)[C@H](O)[C@H]4O)C[C@H]4C(C)(C)[C@@H](O)CC[C@@]45C[C@@]35CC[C@]12C. The van der Waals surface area contributed by atoms with Gasteiger partial charge < -0.3 is 50.3 Å². The van der Waals surface area contributed by atoms with Crippen molar-refractivity contribution >= 4 is 0 Å². The van der Waals surface area contributed by atoms with E-state index in [1.807, 2.05) is 0 Å². The van der Waals surface area contributed by atoms with E-state index < -0.39 is 67.3 Å². The quantitative estimate of drug-likeness (QED) is 0.181. The Kier molecular flexibility index (Phi) is 8.71. The second-order valence-corrected chi connectivity index (χ2v) is 18.4. The summed E-state index contributed by atoms with van der Waals surface area (Å²) in [4.78, 5) is 0. The predicted molar refractivity (Wildman–Crippen MR) is 169 cm³/mol. The van der Waals surface area contributed by atoms with Crippen LogP contribution in [-0.4, -0.2) is 108 Å². The molecule has 266 valence electrons. The maximum atomic E-state index is 11.9. The summed E-state index contributed by atoms with van der Waals surface area (Å²) in [6, 6.07) is 0. The number of ether oxygens (including phenoxy) is 2. The Morgan fingerprint density at radius 1 is 0.891 bits per heavy atom. The lowest BCUT2D eigenvalue weighted by molar-refractivity contribution is -0.332. The summed E-state index contributed by atoms with van der Waals surface area (Å²) >= 11 is 0. The Balaban J connectivity index is 1.37. The molecule has 0 aromatic rings. The van der Waals surface area contributed by atoms with Crippen molar-refractivity contribution in [3.8, 4) is 0 Å². The Bertz CT molecular complexity index is 1140. The third-order valence-electron chi connectivity index (χ3n) is 15.6. The molecule has 10 nitrogen and oxygen atoms in total. The minimum atomic E-state index is -1.54. The van der Waals surface area contributed by atoms with Gasteiger partial charge in [0.05, 0.1) is 36.6 Å². The van der Waals surface area contributed by atoms with Crippen molar-refractivity contribution in [2.75, 3.05) is 6.61 Å². The third-order valence-corrected chi connectivity index (χ3v) is 15.6. The summed E-state index contributed by atoms with van der Waals surface area (Å²) in [7, 11) is 0. The van der Waals surface area contributed by atoms with Gasteiger partial charge in [0.25, 0.3) is 0 Å². The molecule has 1 saturated heterocycles. The van der Waals surface area contributed by atoms with Crippen LogP contribution in [-0.2, 0) is 9.47 Å². The molecule has 0 aromatic carbocycles. The lowest BCUT2D eigenvalue weighted by Gasteiger charge is -2.65. The zero-order valence-electron chi connectivity index (χ0n) is 29.0. The summed E-state index contributed by atoms with van der Waals surface area (Å²) in [6.07, 6.45) is -2.04. The van der Waals surface area contributed by atoms with Gasteiger partial charge in [-0.3, -0.25) is 0 Å². The first-order valence-electron chi connectivity index (χ1n) is 17.9. The summed E-state index contributed by atoms with van der Waals surface area (Å²) in [5.41, 5.74) is -2.14. The van der Waals surface area contributed by atoms with Crippen LogP contribution < -0.4 is 0 Å². The van der Waals surface area contributed by atoms with Crippen LogP contribution >= 0.6 is 0 Å². The fourth-order valence-corrected chi connectivity index (χ4v) is 12.9. The van der Waals surface area contributed by atoms with E-state index in [1.165, 1.54) is 0 Å². The van der Waals surface area contributed by atoms with Gasteiger partial charge in [0.15, 0.2) is 6.29 Å². The van der Waals surface area contributed by atoms with Crippen molar-refractivity contribution in [2.24, 2.45) is 50.7 Å². The summed E-state index contributed by atoms with van der Waals surface area (Å²) in [5.74, 6) is 0.272. The Morgan fingerprint density at radius 3 is 2.20 bits per heavy atom. The lowest BCUT2D eigenvalue weighted by atomic mass is 9.41. The molecule has 5 saturated carbocycles. The highest BCUT2D eigenvalue weighted by atomic mass is 16.7. The molecule has 8 N–H and O–H groups in total. The van der Waals surface area contributed by atoms with Crippen molar-refractivity contribution in [1.29, 1.82) is 0 Å². The fraction of sp³-hybridized carbons (Fsp3) is 1.00. The van der Waals surface area contributed by atoms with Crippen LogP contribution in [0.2, 0.25) is 0 Å². The standard InChI is InChI=1S/C36H62O10/c1-18(8-9-24(40)32(4,5)44)25-19(38)15-34(7)29-20(45-30-28(43)27(42)26(41)21(16-37)46-30)14-22-31(2,3)23(39)10-11-35(22)17-36(29,35)13-12-33(25,34)6/h18-30,37-44H,8-17H2,1-7H3/t18-,19+,20+,21-,22+,23+,24-,25+,26-,27+,28-,29+,30-,33-,34+,35-,36+/m1/s1. The monoisotopic (exact) mass is 654 g/mol. The van der Waals surface area contributed by atoms with Gasteiger partial charge in [-0.15, -0.1) is 0 Å². The van der Waals surface area contributed by atoms with Gasteiger partial charge in [-0.05, 0) is 122 Å². The molecule has 1 aliphatic heterocycles. The Morgan fingerprint density at radius 2 is 1.57 bits per heavy atom. The van der Waals surface area contributed by atoms with E-state index in [1.54, 1.807) is 13.8 Å². The fourth-order valence-electron chi connectivity index (χ4n) is 12.9. The van der Waals surface area contributed by atoms with E-state index in [4.69, 9.17) is 9.47 Å². The first kappa shape index (κ1) is 35.4. The van der Waals surface area contributed by atoms with Gasteiger partial charge in [-0.1, -0.05) is 34.6 Å². The van der Waals surface area contributed by atoms with E-state index >= 15 is 0 Å². The summed E-state index contributed by atoms with van der Waals surface area (Å²) < 4.78 is 12.7. The normalized spacial score (nSPS) is 54.2. The molecule has 46 heavy (non-hydrogen) atoms. The average Bonchev–Trinajstić information content (AvgIpc) is 3.57. The van der Waals surface area contributed by atoms with E-state index in [2.05, 4.69) is 34.6 Å². The van der Waals surface area contributed by atoms with Crippen LogP contribution in [0.5, 0.6) is 0 Å². The molecule has 6 aliphatic rings. The molecule has 0 radical (unpaired) electrons. The van der Waals surface area contributed by atoms with Gasteiger partial charge in [0, 0.05) is 0 Å². The summed E-state index contributed by atoms with van der Waals surface area (Å²) in [6.45, 7) is 13.8. The lowest BCUT2D eigenvalue weighted by Crippen LogP contribution is -2.64. The van der Waals surface area contributed by atoms with Crippen LogP contribution in [0.4, 0.5) is 0 Å². The zero-order chi connectivity index (χ0) is 34.0. The molecule has 17 atom stereocenters. The van der Waals surface area contributed by atoms with E-state index in [9.17, 15) is 40.9 Å². The zero-order valence-corrected chi connectivity index (χ0v) is 29.0. The van der Waals surface area contributed by atoms with Gasteiger partial charge in [0.2, 0.25) is 0 Å². The number of aliphatic hydroxyl groups is 8. The minimum absolute atomic E-state index is 0.0160. The second-order valence-electron chi connectivity index (χ2n) is 18.4. The Hall–Kier alpha value is -0.400. The van der Waals surface area contributed by atoms with Crippen LogP contribution in [0.1, 0.15) is 106 Å². The highest BCUT2D eigenvalue weighted by Crippen LogP contribution is 2.89. The maximum absolute atomic E-state index is 11.9. The average molecular weight is 655 g/mol. The predicted octanol–water partition coefficient (Wildman–Crippen LogP) is 2.10. The number of rotatable bonds is 8. The van der Waals surface area contributed by atoms with E-state index in [0.717, 1.165) is 32.1 Å². The highest BCUT2D eigenvalue weighted by molar-refractivity contribution is 5.33. The summed E-state index contributed by atoms with van der Waals surface area (Å²) in [5, 5.41) is 86.2. The van der Waals surface area contributed by atoms with Crippen LogP contribution in [0.3, 0.4) is 0 Å². The molecule has 0 aromatic heterocycles. The molecule has 5 aliphatic carbocycles. The molecular weight excluding hydrogens is 592 g/mol. The molecule has 6 rings (SSSR count). The number of hydrogen-bond acceptors (Lipinski definition) is 10. The topological polar surface area (TPSA) is 180 Å². The van der Waals surface area contributed by atoms with Crippen LogP contribution in [0.25, 0.3) is 0 Å². The molecule has 0 unspecified atom stereocenters. The van der Waals surface area contributed by atoms with Crippen molar-refractivity contribution in [1.82, 2.24) is 0 Å². The largest absolute Gasteiger partial charge is 0.394 e. The number of aliphatic hydroxyl groups excluding tert-OH is 7. The van der Waals surface area contributed by atoms with Gasteiger partial charge in [-0.2, -0.15) is 0 Å². The minimum Gasteiger partial charge on any atom is -0.394 e. The smallest absolute Gasteiger partial charge is 0.186 e. The molecule has 0 bridgehead atoms. The molecule has 0 amide bonds. The first-order valence-corrected chi connectivity index (χ1v) is 17.9. The molecular formula is C36H62O10. The van der Waals surface area contributed by atoms with Crippen molar-refractivity contribution < 1.29 is 50.3 Å². The van der Waals surface area contributed by atoms with Gasteiger partial charge in [-0.25, -0.2) is 0 Å². The third kappa shape index (κ3) is 4.78. The molecule has 1 heterocycles. The second kappa shape index (κ2) is 11.3. The van der Waals surface area contributed by atoms with Crippen molar-refractivity contribution in [3.05, 3.63) is 0 Å². The molecule has 2 spiro atoms. The number of hydrogen-bond donors (Lipinski definition) is 8. The maximum Gasteiger partial charge on any atom is 0.186 e. The van der Waals surface area contributed by atoms with Crippen molar-refractivity contribution in [3.63, 3.8) is 0 Å².